The van der Waals surface area contributed by atoms with Crippen LogP contribution in [-0.2, 0) is 6.61 Å². The highest BCUT2D eigenvalue weighted by Crippen LogP contribution is 2.36. The molecule has 0 bridgehead atoms. The molecule has 4 aromatic carbocycles. The van der Waals surface area contributed by atoms with Gasteiger partial charge in [0.15, 0.2) is 17.3 Å². The summed E-state index contributed by atoms with van der Waals surface area (Å²) in [5, 5.41) is 5.86. The number of fused-ring (bicyclic) bond motifs is 1. The molecule has 0 N–H and O–H groups in total. The van der Waals surface area contributed by atoms with Crippen molar-refractivity contribution in [3.05, 3.63) is 115 Å². The summed E-state index contributed by atoms with van der Waals surface area (Å²) in [5.74, 6) is 2.61. The summed E-state index contributed by atoms with van der Waals surface area (Å²) >= 11 is 9.69. The van der Waals surface area contributed by atoms with Crippen molar-refractivity contribution in [2.75, 3.05) is 13.2 Å². The van der Waals surface area contributed by atoms with Gasteiger partial charge in [0, 0.05) is 20.6 Å². The minimum Gasteiger partial charge on any atom is -0.494 e. The molecule has 0 radical (unpaired) electrons. The molecule has 1 aromatic heterocycles. The summed E-state index contributed by atoms with van der Waals surface area (Å²) in [5.41, 5.74) is 4.78. The van der Waals surface area contributed by atoms with Crippen LogP contribution >= 0.6 is 27.5 Å². The topological polar surface area (TPSA) is 74.9 Å². The average Bonchev–Trinajstić information content (AvgIpc) is 3.02. The normalized spacial score (nSPS) is 11.5. The lowest BCUT2D eigenvalue weighted by Gasteiger charge is -2.18. The molecule has 232 valence electrons. The quantitative estimate of drug-likeness (QED) is 0.129. The molecule has 0 aliphatic rings. The second-order valence-electron chi connectivity index (χ2n) is 10.8. The third kappa shape index (κ3) is 7.24. The maximum Gasteiger partial charge on any atom is 0.282 e. The number of halogens is 2. The Balaban J connectivity index is 1.59. The summed E-state index contributed by atoms with van der Waals surface area (Å²) in [6, 6.07) is 22.6. The molecule has 1 heterocycles. The van der Waals surface area contributed by atoms with E-state index in [2.05, 4.69) is 35.8 Å². The molecule has 9 heteroatoms. The van der Waals surface area contributed by atoms with E-state index < -0.39 is 0 Å². The monoisotopic (exact) mass is 687 g/mol. The van der Waals surface area contributed by atoms with Gasteiger partial charge < -0.3 is 14.2 Å². The summed E-state index contributed by atoms with van der Waals surface area (Å²) < 4.78 is 20.1. The van der Waals surface area contributed by atoms with E-state index in [1.54, 1.807) is 12.3 Å². The van der Waals surface area contributed by atoms with Crippen LogP contribution in [-0.4, -0.2) is 29.1 Å². The first-order valence-electron chi connectivity index (χ1n) is 14.9. The van der Waals surface area contributed by atoms with Crippen LogP contribution in [0.15, 0.2) is 87.2 Å². The number of benzene rings is 4. The third-order valence-electron chi connectivity index (χ3n) is 7.26. The Hall–Kier alpha value is -4.14. The molecular weight excluding hydrogens is 654 g/mol. The van der Waals surface area contributed by atoms with E-state index in [-0.39, 0.29) is 11.5 Å². The smallest absolute Gasteiger partial charge is 0.282 e. The van der Waals surface area contributed by atoms with E-state index in [0.29, 0.717) is 58.6 Å². The summed E-state index contributed by atoms with van der Waals surface area (Å²) in [4.78, 5) is 18.9. The van der Waals surface area contributed by atoms with Gasteiger partial charge in [-0.25, -0.2) is 4.98 Å². The van der Waals surface area contributed by atoms with Crippen molar-refractivity contribution in [2.24, 2.45) is 5.10 Å². The average molecular weight is 689 g/mol. The van der Waals surface area contributed by atoms with Crippen molar-refractivity contribution >= 4 is 44.6 Å². The Kier molecular flexibility index (Phi) is 10.3. The maximum atomic E-state index is 13.9. The maximum absolute atomic E-state index is 13.9. The van der Waals surface area contributed by atoms with E-state index in [0.717, 1.165) is 32.5 Å². The molecule has 5 rings (SSSR count). The van der Waals surface area contributed by atoms with Crippen molar-refractivity contribution in [2.45, 2.75) is 47.1 Å². The molecular formula is C36H35BrClN3O4. The number of hydrogen-bond donors (Lipinski definition) is 0. The molecule has 0 saturated heterocycles. The first-order valence-corrected chi connectivity index (χ1v) is 16.0. The SMILES string of the molecule is CCOc1cc(C=Nn2c(-c3cc(C(C)C)c(OCC)cc3C)nc3ccccc3c2=O)c(Br)cc1OCc1ccc(Cl)cc1. The van der Waals surface area contributed by atoms with Gasteiger partial charge in [0.05, 0.1) is 30.3 Å². The second kappa shape index (κ2) is 14.3. The molecule has 45 heavy (non-hydrogen) atoms. The van der Waals surface area contributed by atoms with Crippen LogP contribution in [0.5, 0.6) is 17.2 Å². The molecule has 0 amide bonds. The van der Waals surface area contributed by atoms with Gasteiger partial charge in [-0.2, -0.15) is 9.78 Å². The molecule has 0 unspecified atom stereocenters. The molecule has 0 saturated carbocycles. The molecule has 7 nitrogen and oxygen atoms in total. The Morgan fingerprint density at radius 3 is 2.33 bits per heavy atom. The number of para-hydroxylation sites is 1. The van der Waals surface area contributed by atoms with E-state index in [4.69, 9.17) is 35.9 Å². The number of nitrogens with zero attached hydrogens (tertiary/aromatic N) is 3. The summed E-state index contributed by atoms with van der Waals surface area (Å²) in [6.07, 6.45) is 1.63. The fourth-order valence-electron chi connectivity index (χ4n) is 4.97. The predicted molar refractivity (Wildman–Crippen MR) is 186 cm³/mol. The highest BCUT2D eigenvalue weighted by molar-refractivity contribution is 9.10. The lowest BCUT2D eigenvalue weighted by atomic mass is 9.96. The van der Waals surface area contributed by atoms with Gasteiger partial charge in [-0.05, 0) is 108 Å². The van der Waals surface area contributed by atoms with Crippen molar-refractivity contribution in [3.63, 3.8) is 0 Å². The lowest BCUT2D eigenvalue weighted by Crippen LogP contribution is -2.21. The van der Waals surface area contributed by atoms with Gasteiger partial charge in [0.2, 0.25) is 0 Å². The highest BCUT2D eigenvalue weighted by atomic mass is 79.9. The van der Waals surface area contributed by atoms with Gasteiger partial charge >= 0.3 is 0 Å². The van der Waals surface area contributed by atoms with Crippen LogP contribution in [0.1, 0.15) is 55.9 Å². The summed E-state index contributed by atoms with van der Waals surface area (Å²) in [6.45, 7) is 11.5. The Morgan fingerprint density at radius 1 is 0.933 bits per heavy atom. The van der Waals surface area contributed by atoms with Crippen LogP contribution in [0.25, 0.3) is 22.3 Å². The van der Waals surface area contributed by atoms with E-state index in [9.17, 15) is 4.79 Å². The fourth-order valence-corrected chi connectivity index (χ4v) is 5.52. The summed E-state index contributed by atoms with van der Waals surface area (Å²) in [7, 11) is 0. The van der Waals surface area contributed by atoms with E-state index in [1.807, 2.05) is 81.4 Å². The molecule has 0 aliphatic heterocycles. The third-order valence-corrected chi connectivity index (χ3v) is 8.19. The second-order valence-corrected chi connectivity index (χ2v) is 12.1. The molecule has 0 spiro atoms. The number of aromatic nitrogens is 2. The zero-order valence-electron chi connectivity index (χ0n) is 25.9. The van der Waals surface area contributed by atoms with Gasteiger partial charge in [-0.15, -0.1) is 0 Å². The van der Waals surface area contributed by atoms with E-state index in [1.165, 1.54) is 4.68 Å². The van der Waals surface area contributed by atoms with Gasteiger partial charge in [-0.1, -0.05) is 49.7 Å². The first-order chi connectivity index (χ1) is 21.7. The minimum atomic E-state index is -0.268. The van der Waals surface area contributed by atoms with Crippen molar-refractivity contribution in [3.8, 4) is 28.6 Å². The van der Waals surface area contributed by atoms with Gasteiger partial charge in [0.1, 0.15) is 12.4 Å². The van der Waals surface area contributed by atoms with Crippen molar-refractivity contribution in [1.29, 1.82) is 0 Å². The zero-order chi connectivity index (χ0) is 32.1. The number of aryl methyl sites for hydroxylation is 1. The predicted octanol–water partition coefficient (Wildman–Crippen LogP) is 9.17. The largest absolute Gasteiger partial charge is 0.494 e. The molecule has 0 fully saturated rings. The molecule has 0 aliphatic carbocycles. The number of hydrogen-bond acceptors (Lipinski definition) is 6. The van der Waals surface area contributed by atoms with Crippen LogP contribution in [0.4, 0.5) is 0 Å². The lowest BCUT2D eigenvalue weighted by molar-refractivity contribution is 0.269. The van der Waals surface area contributed by atoms with Crippen LogP contribution < -0.4 is 19.8 Å². The number of rotatable bonds is 11. The van der Waals surface area contributed by atoms with Crippen molar-refractivity contribution < 1.29 is 14.2 Å². The van der Waals surface area contributed by atoms with Crippen LogP contribution in [0.2, 0.25) is 5.02 Å². The Bertz CT molecular complexity index is 1920. The van der Waals surface area contributed by atoms with E-state index >= 15 is 0 Å². The first kappa shape index (κ1) is 32.3. The minimum absolute atomic E-state index is 0.198. The van der Waals surface area contributed by atoms with Crippen molar-refractivity contribution in [1.82, 2.24) is 9.66 Å². The standard InChI is InChI=1S/C36H35BrClN3O4/c1-6-43-32-16-23(5)29(18-28(32)22(3)4)35-40-31-11-9-8-10-27(31)36(42)41(35)39-20-25-17-33(44-7-2)34(19-30(25)37)45-21-24-12-14-26(38)15-13-24/h8-20,22H,6-7,21H2,1-5H3. The number of ether oxygens (including phenoxy) is 3. The van der Waals surface area contributed by atoms with Gasteiger partial charge in [0.25, 0.3) is 5.56 Å². The molecule has 5 aromatic rings. The Labute approximate surface area is 276 Å². The fraction of sp³-hybridized carbons (Fsp3) is 0.250. The zero-order valence-corrected chi connectivity index (χ0v) is 28.3. The Morgan fingerprint density at radius 2 is 1.62 bits per heavy atom. The van der Waals surface area contributed by atoms with Crippen LogP contribution in [0.3, 0.4) is 0 Å². The molecule has 0 atom stereocenters. The van der Waals surface area contributed by atoms with Crippen LogP contribution in [0, 0.1) is 6.92 Å². The van der Waals surface area contributed by atoms with Gasteiger partial charge in [-0.3, -0.25) is 4.79 Å². The highest BCUT2D eigenvalue weighted by Gasteiger charge is 2.19.